The predicted molar refractivity (Wildman–Crippen MR) is 78.3 cm³/mol. The molecule has 4 heteroatoms. The van der Waals surface area contributed by atoms with Crippen molar-refractivity contribution in [1.29, 1.82) is 0 Å². The maximum atomic E-state index is 10.6. The minimum Gasteiger partial charge on any atom is -0.389 e. The zero-order valence-electron chi connectivity index (χ0n) is 11.5. The van der Waals surface area contributed by atoms with E-state index in [0.717, 1.165) is 31.2 Å². The highest BCUT2D eigenvalue weighted by Crippen LogP contribution is 2.27. The Hall–Kier alpha value is -0.640. The highest BCUT2D eigenvalue weighted by molar-refractivity contribution is 6.30. The van der Waals surface area contributed by atoms with Crippen molar-refractivity contribution in [2.45, 2.75) is 57.1 Å². The van der Waals surface area contributed by atoms with E-state index in [1.54, 1.807) is 6.20 Å². The van der Waals surface area contributed by atoms with Crippen molar-refractivity contribution in [2.75, 3.05) is 6.54 Å². The number of hydrogen-bond acceptors (Lipinski definition) is 3. The van der Waals surface area contributed by atoms with Gasteiger partial charge in [-0.2, -0.15) is 0 Å². The lowest BCUT2D eigenvalue weighted by Crippen LogP contribution is -2.41. The highest BCUT2D eigenvalue weighted by atomic mass is 35.5. The van der Waals surface area contributed by atoms with Crippen molar-refractivity contribution in [3.8, 4) is 0 Å². The van der Waals surface area contributed by atoms with Crippen molar-refractivity contribution in [2.24, 2.45) is 0 Å². The fourth-order valence-corrected chi connectivity index (χ4v) is 3.02. The summed E-state index contributed by atoms with van der Waals surface area (Å²) in [6, 6.07) is 3.97. The zero-order chi connectivity index (χ0) is 13.7. The van der Waals surface area contributed by atoms with Gasteiger partial charge >= 0.3 is 0 Å². The fourth-order valence-electron chi connectivity index (χ4n) is 2.74. The van der Waals surface area contributed by atoms with Gasteiger partial charge in [0.15, 0.2) is 0 Å². The Morgan fingerprint density at radius 2 is 2.05 bits per heavy atom. The van der Waals surface area contributed by atoms with Gasteiger partial charge in [0.1, 0.15) is 5.15 Å². The van der Waals surface area contributed by atoms with Crippen LogP contribution in [0.25, 0.3) is 0 Å². The molecule has 0 amide bonds. The molecule has 19 heavy (non-hydrogen) atoms. The van der Waals surface area contributed by atoms with Crippen molar-refractivity contribution < 1.29 is 5.11 Å². The van der Waals surface area contributed by atoms with E-state index in [1.165, 1.54) is 12.8 Å². The molecular formula is C15H23ClN2O. The summed E-state index contributed by atoms with van der Waals surface area (Å²) in [6.07, 6.45) is 8.22. The van der Waals surface area contributed by atoms with Crippen LogP contribution >= 0.6 is 11.6 Å². The number of rotatable bonds is 4. The first kappa shape index (κ1) is 14.8. The van der Waals surface area contributed by atoms with Crippen LogP contribution in [0.5, 0.6) is 0 Å². The van der Waals surface area contributed by atoms with Gasteiger partial charge in [-0.1, -0.05) is 43.4 Å². The number of hydrogen-bond donors (Lipinski definition) is 2. The largest absolute Gasteiger partial charge is 0.389 e. The molecule has 1 heterocycles. The predicted octanol–water partition coefficient (Wildman–Crippen LogP) is 3.47. The summed E-state index contributed by atoms with van der Waals surface area (Å²) < 4.78 is 0. The minimum absolute atomic E-state index is 0.105. The Morgan fingerprint density at radius 3 is 2.68 bits per heavy atom. The highest BCUT2D eigenvalue weighted by Gasteiger charge is 2.28. The van der Waals surface area contributed by atoms with E-state index in [2.05, 4.69) is 17.2 Å². The van der Waals surface area contributed by atoms with Crippen LogP contribution < -0.4 is 5.32 Å². The third kappa shape index (κ3) is 4.16. The summed E-state index contributed by atoms with van der Waals surface area (Å²) in [5.74, 6) is 0. The lowest BCUT2D eigenvalue weighted by Gasteiger charge is -2.29. The van der Waals surface area contributed by atoms with Gasteiger partial charge in [-0.15, -0.1) is 0 Å². The number of nitrogens with one attached hydrogen (secondary N) is 1. The number of nitrogens with zero attached hydrogens (tertiary/aromatic N) is 1. The van der Waals surface area contributed by atoms with Gasteiger partial charge in [0, 0.05) is 24.3 Å². The van der Waals surface area contributed by atoms with E-state index in [4.69, 9.17) is 11.6 Å². The van der Waals surface area contributed by atoms with E-state index in [0.29, 0.717) is 11.7 Å². The molecule has 0 saturated heterocycles. The SMILES string of the molecule is CC(NCC1(O)CCCCCC1)c1cccnc1Cl. The Labute approximate surface area is 120 Å². The number of pyridine rings is 1. The molecule has 1 aliphatic carbocycles. The molecule has 3 nitrogen and oxygen atoms in total. The summed E-state index contributed by atoms with van der Waals surface area (Å²) in [5.41, 5.74) is 0.431. The molecule has 2 rings (SSSR count). The quantitative estimate of drug-likeness (QED) is 0.656. The van der Waals surface area contributed by atoms with Crippen LogP contribution in [0.2, 0.25) is 5.15 Å². The Balaban J connectivity index is 1.92. The standard InChI is InChI=1S/C15H23ClN2O/c1-12(13-7-6-10-17-14(13)16)18-11-15(19)8-4-2-3-5-9-15/h6-7,10,12,18-19H,2-5,8-9,11H2,1H3. The molecule has 1 saturated carbocycles. The monoisotopic (exact) mass is 282 g/mol. The Morgan fingerprint density at radius 1 is 1.37 bits per heavy atom. The van der Waals surface area contributed by atoms with Crippen molar-refractivity contribution in [3.63, 3.8) is 0 Å². The summed E-state index contributed by atoms with van der Waals surface area (Å²) in [7, 11) is 0. The summed E-state index contributed by atoms with van der Waals surface area (Å²) in [6.45, 7) is 2.68. The van der Waals surface area contributed by atoms with E-state index in [1.807, 2.05) is 12.1 Å². The first-order valence-electron chi connectivity index (χ1n) is 7.17. The number of aromatic nitrogens is 1. The van der Waals surface area contributed by atoms with Crippen LogP contribution in [0.3, 0.4) is 0 Å². The van der Waals surface area contributed by atoms with Crippen LogP contribution in [0.4, 0.5) is 0 Å². The van der Waals surface area contributed by atoms with Crippen LogP contribution in [-0.4, -0.2) is 22.2 Å². The smallest absolute Gasteiger partial charge is 0.133 e. The van der Waals surface area contributed by atoms with Gasteiger partial charge in [0.2, 0.25) is 0 Å². The lowest BCUT2D eigenvalue weighted by molar-refractivity contribution is 0.0231. The zero-order valence-corrected chi connectivity index (χ0v) is 12.3. The van der Waals surface area contributed by atoms with Crippen molar-refractivity contribution in [1.82, 2.24) is 10.3 Å². The molecule has 0 spiro atoms. The van der Waals surface area contributed by atoms with Crippen molar-refractivity contribution in [3.05, 3.63) is 29.0 Å². The van der Waals surface area contributed by atoms with E-state index in [-0.39, 0.29) is 6.04 Å². The average Bonchev–Trinajstić information content (AvgIpc) is 2.62. The second kappa shape index (κ2) is 6.69. The van der Waals surface area contributed by atoms with Gasteiger partial charge in [0.05, 0.1) is 5.60 Å². The molecule has 1 aliphatic rings. The summed E-state index contributed by atoms with van der Waals surface area (Å²) in [4.78, 5) is 4.09. The normalized spacial score (nSPS) is 20.8. The first-order valence-corrected chi connectivity index (χ1v) is 7.55. The molecule has 1 atom stereocenters. The maximum Gasteiger partial charge on any atom is 0.133 e. The van der Waals surface area contributed by atoms with Gasteiger partial charge in [0.25, 0.3) is 0 Å². The van der Waals surface area contributed by atoms with Crippen molar-refractivity contribution >= 4 is 11.6 Å². The molecule has 1 aromatic rings. The molecule has 1 fully saturated rings. The van der Waals surface area contributed by atoms with E-state index < -0.39 is 5.60 Å². The van der Waals surface area contributed by atoms with Gasteiger partial charge in [-0.25, -0.2) is 4.98 Å². The van der Waals surface area contributed by atoms with Crippen LogP contribution in [0, 0.1) is 0 Å². The van der Waals surface area contributed by atoms with Crippen LogP contribution in [0.15, 0.2) is 18.3 Å². The Bertz CT molecular complexity index is 403. The molecule has 2 N–H and O–H groups in total. The summed E-state index contributed by atoms with van der Waals surface area (Å²) >= 11 is 6.09. The third-order valence-corrected chi connectivity index (χ3v) is 4.34. The molecule has 1 aromatic heterocycles. The van der Waals surface area contributed by atoms with Gasteiger partial charge in [-0.3, -0.25) is 0 Å². The molecule has 0 aromatic carbocycles. The summed E-state index contributed by atoms with van der Waals surface area (Å²) in [5, 5.41) is 14.5. The average molecular weight is 283 g/mol. The van der Waals surface area contributed by atoms with E-state index in [9.17, 15) is 5.11 Å². The fraction of sp³-hybridized carbons (Fsp3) is 0.667. The van der Waals surface area contributed by atoms with Crippen LogP contribution in [0.1, 0.15) is 57.1 Å². The molecule has 0 radical (unpaired) electrons. The van der Waals surface area contributed by atoms with Crippen LogP contribution in [-0.2, 0) is 0 Å². The number of aliphatic hydroxyl groups is 1. The third-order valence-electron chi connectivity index (χ3n) is 4.03. The second-order valence-corrected chi connectivity index (χ2v) is 5.98. The minimum atomic E-state index is -0.556. The molecular weight excluding hydrogens is 260 g/mol. The molecule has 106 valence electrons. The Kier molecular flexibility index (Phi) is 5.20. The lowest BCUT2D eigenvalue weighted by atomic mass is 9.94. The maximum absolute atomic E-state index is 10.6. The first-order chi connectivity index (χ1) is 9.11. The topological polar surface area (TPSA) is 45.1 Å². The molecule has 0 aliphatic heterocycles. The second-order valence-electron chi connectivity index (χ2n) is 5.62. The van der Waals surface area contributed by atoms with Gasteiger partial charge < -0.3 is 10.4 Å². The molecule has 0 bridgehead atoms. The number of halogens is 1. The van der Waals surface area contributed by atoms with E-state index >= 15 is 0 Å². The molecule has 1 unspecified atom stereocenters. The van der Waals surface area contributed by atoms with Gasteiger partial charge in [-0.05, 0) is 25.8 Å².